The van der Waals surface area contributed by atoms with Gasteiger partial charge < -0.3 is 15.4 Å². The van der Waals surface area contributed by atoms with Gasteiger partial charge in [-0.2, -0.15) is 0 Å². The molecule has 4 aromatic rings. The summed E-state index contributed by atoms with van der Waals surface area (Å²) in [6.45, 7) is 3.94. The molecule has 0 saturated heterocycles. The molecule has 0 fully saturated rings. The summed E-state index contributed by atoms with van der Waals surface area (Å²) in [6.07, 6.45) is 0. The minimum Gasteiger partial charge on any atom is -0.497 e. The lowest BCUT2D eigenvalue weighted by Gasteiger charge is -2.17. The summed E-state index contributed by atoms with van der Waals surface area (Å²) in [5, 5.41) is 15.5. The maximum atomic E-state index is 12.6. The van der Waals surface area contributed by atoms with Crippen LogP contribution in [0.1, 0.15) is 29.9 Å². The van der Waals surface area contributed by atoms with E-state index in [1.165, 1.54) is 0 Å². The topological polar surface area (TPSA) is 81.1 Å². The first-order valence-electron chi connectivity index (χ1n) is 11.0. The van der Waals surface area contributed by atoms with E-state index in [0.29, 0.717) is 17.3 Å². The van der Waals surface area contributed by atoms with Gasteiger partial charge in [0.25, 0.3) is 0 Å². The molecule has 9 heteroatoms. The number of methoxy groups -OCH3 is 1. The van der Waals surface area contributed by atoms with Crippen molar-refractivity contribution in [2.45, 2.75) is 30.8 Å². The molecule has 0 spiro atoms. The van der Waals surface area contributed by atoms with Crippen molar-refractivity contribution in [1.82, 2.24) is 20.1 Å². The molecule has 2 amide bonds. The Hall–Kier alpha value is -3.30. The maximum absolute atomic E-state index is 12.6. The van der Waals surface area contributed by atoms with Gasteiger partial charge in [0.2, 0.25) is 0 Å². The predicted octanol–water partition coefficient (Wildman–Crippen LogP) is 6.52. The molecule has 0 radical (unpaired) electrons. The second-order valence-electron chi connectivity index (χ2n) is 7.98. The number of carbonyl (C=O) groups is 1. The summed E-state index contributed by atoms with van der Waals surface area (Å²) in [7, 11) is 1.66. The minimum absolute atomic E-state index is 0.316. The number of nitrogens with one attached hydrogen (secondary N) is 2. The Labute approximate surface area is 217 Å². The molecule has 3 aromatic carbocycles. The molecule has 35 heavy (non-hydrogen) atoms. The molecule has 1 unspecified atom stereocenters. The number of hydrogen-bond donors (Lipinski definition) is 2. The highest BCUT2D eigenvalue weighted by molar-refractivity contribution is 9.10. The Balaban J connectivity index is 1.55. The molecule has 0 aliphatic heterocycles. The van der Waals surface area contributed by atoms with Crippen molar-refractivity contribution in [3.8, 4) is 11.4 Å². The second kappa shape index (κ2) is 11.4. The van der Waals surface area contributed by atoms with Crippen LogP contribution < -0.4 is 15.4 Å². The Bertz CT molecular complexity index is 1290. The average molecular weight is 552 g/mol. The summed E-state index contributed by atoms with van der Waals surface area (Å²) in [4.78, 5) is 12.6. The zero-order valence-electron chi connectivity index (χ0n) is 19.7. The van der Waals surface area contributed by atoms with Gasteiger partial charge in [-0.05, 0) is 67.9 Å². The van der Waals surface area contributed by atoms with E-state index in [4.69, 9.17) is 4.74 Å². The van der Waals surface area contributed by atoms with Crippen molar-refractivity contribution < 1.29 is 9.53 Å². The molecular formula is C26H26BrN5O2S. The standard InChI is InChI=1S/C26H26BrN5O2S/c1-17-7-13-22(14-8-17)32-24(18(2)28-25(33)29-21-11-9-20(27)10-12-21)30-31-26(32)35-16-19-5-4-6-23(15-19)34-3/h4-15,18H,16H2,1-3H3,(H2,28,29,33). The second-order valence-corrected chi connectivity index (χ2v) is 9.84. The fourth-order valence-corrected chi connectivity index (χ4v) is 4.63. The molecule has 0 bridgehead atoms. The molecule has 1 heterocycles. The van der Waals surface area contributed by atoms with Crippen LogP contribution >= 0.6 is 27.7 Å². The third kappa shape index (κ3) is 6.43. The molecule has 0 saturated carbocycles. The number of amides is 2. The molecule has 2 N–H and O–H groups in total. The zero-order chi connectivity index (χ0) is 24.8. The lowest BCUT2D eigenvalue weighted by Crippen LogP contribution is -2.32. The number of ether oxygens (including phenoxy) is 1. The molecule has 0 aliphatic rings. The molecular weight excluding hydrogens is 526 g/mol. The van der Waals surface area contributed by atoms with E-state index in [2.05, 4.69) is 42.8 Å². The van der Waals surface area contributed by atoms with Crippen LogP contribution in [0.25, 0.3) is 5.69 Å². The van der Waals surface area contributed by atoms with E-state index < -0.39 is 0 Å². The van der Waals surface area contributed by atoms with Gasteiger partial charge in [-0.1, -0.05) is 57.5 Å². The van der Waals surface area contributed by atoms with Gasteiger partial charge in [-0.3, -0.25) is 4.57 Å². The number of benzene rings is 3. The Morgan fingerprint density at radius 1 is 1.09 bits per heavy atom. The van der Waals surface area contributed by atoms with Gasteiger partial charge in [-0.25, -0.2) is 4.79 Å². The normalized spacial score (nSPS) is 11.7. The van der Waals surface area contributed by atoms with Crippen LogP contribution in [0.4, 0.5) is 10.5 Å². The molecule has 7 nitrogen and oxygen atoms in total. The van der Waals surface area contributed by atoms with Crippen LogP contribution in [0.5, 0.6) is 5.75 Å². The lowest BCUT2D eigenvalue weighted by atomic mass is 10.2. The van der Waals surface area contributed by atoms with E-state index in [0.717, 1.165) is 32.2 Å². The lowest BCUT2D eigenvalue weighted by molar-refractivity contribution is 0.249. The minimum atomic E-state index is -0.384. The van der Waals surface area contributed by atoms with Gasteiger partial charge in [0, 0.05) is 21.6 Å². The van der Waals surface area contributed by atoms with Crippen LogP contribution in [-0.4, -0.2) is 27.9 Å². The summed E-state index contributed by atoms with van der Waals surface area (Å²) in [5.41, 5.74) is 3.92. The van der Waals surface area contributed by atoms with Crippen molar-refractivity contribution in [2.75, 3.05) is 12.4 Å². The van der Waals surface area contributed by atoms with E-state index >= 15 is 0 Å². The highest BCUT2D eigenvalue weighted by atomic mass is 79.9. The van der Waals surface area contributed by atoms with E-state index in [9.17, 15) is 4.79 Å². The fraction of sp³-hybridized carbons (Fsp3) is 0.192. The summed E-state index contributed by atoms with van der Waals surface area (Å²) in [6, 6.07) is 22.8. The Morgan fingerprint density at radius 2 is 1.83 bits per heavy atom. The number of anilines is 1. The van der Waals surface area contributed by atoms with Crippen molar-refractivity contribution in [2.24, 2.45) is 0 Å². The zero-order valence-corrected chi connectivity index (χ0v) is 22.1. The third-order valence-electron chi connectivity index (χ3n) is 5.29. The van der Waals surface area contributed by atoms with Gasteiger partial charge in [0.1, 0.15) is 5.75 Å². The predicted molar refractivity (Wildman–Crippen MR) is 143 cm³/mol. The molecule has 1 atom stereocenters. The number of aromatic nitrogens is 3. The smallest absolute Gasteiger partial charge is 0.319 e. The van der Waals surface area contributed by atoms with Gasteiger partial charge >= 0.3 is 6.03 Å². The van der Waals surface area contributed by atoms with Crippen molar-refractivity contribution in [3.63, 3.8) is 0 Å². The monoisotopic (exact) mass is 551 g/mol. The fourth-order valence-electron chi connectivity index (χ4n) is 3.46. The third-order valence-corrected chi connectivity index (χ3v) is 6.82. The van der Waals surface area contributed by atoms with Crippen LogP contribution in [0.15, 0.2) is 82.4 Å². The van der Waals surface area contributed by atoms with Gasteiger partial charge in [0.15, 0.2) is 11.0 Å². The first kappa shape index (κ1) is 24.8. The summed E-state index contributed by atoms with van der Waals surface area (Å²) < 4.78 is 8.28. The highest BCUT2D eigenvalue weighted by Crippen LogP contribution is 2.28. The van der Waals surface area contributed by atoms with E-state index in [-0.39, 0.29) is 12.1 Å². The first-order chi connectivity index (χ1) is 16.9. The van der Waals surface area contributed by atoms with E-state index in [1.54, 1.807) is 18.9 Å². The quantitative estimate of drug-likeness (QED) is 0.243. The number of carbonyl (C=O) groups excluding carboxylic acids is 1. The number of hydrogen-bond acceptors (Lipinski definition) is 5. The van der Waals surface area contributed by atoms with Crippen LogP contribution in [0.3, 0.4) is 0 Å². The average Bonchev–Trinajstić information content (AvgIpc) is 3.29. The number of aryl methyl sites for hydroxylation is 1. The van der Waals surface area contributed by atoms with Crippen LogP contribution in [0.2, 0.25) is 0 Å². The first-order valence-corrected chi connectivity index (χ1v) is 12.8. The Morgan fingerprint density at radius 3 is 2.54 bits per heavy atom. The van der Waals surface area contributed by atoms with Gasteiger partial charge in [0.05, 0.1) is 13.2 Å². The highest BCUT2D eigenvalue weighted by Gasteiger charge is 2.21. The molecule has 1 aromatic heterocycles. The number of rotatable bonds is 8. The molecule has 0 aliphatic carbocycles. The van der Waals surface area contributed by atoms with Crippen molar-refractivity contribution in [3.05, 3.63) is 94.2 Å². The number of halogens is 1. The van der Waals surface area contributed by atoms with E-state index in [1.807, 2.05) is 85.1 Å². The SMILES string of the molecule is COc1cccc(CSc2nnc(C(C)NC(=O)Nc3ccc(Br)cc3)n2-c2ccc(C)cc2)c1. The van der Waals surface area contributed by atoms with Crippen molar-refractivity contribution in [1.29, 1.82) is 0 Å². The summed E-state index contributed by atoms with van der Waals surface area (Å²) in [5.74, 6) is 2.17. The summed E-state index contributed by atoms with van der Waals surface area (Å²) >= 11 is 4.98. The molecule has 180 valence electrons. The van der Waals surface area contributed by atoms with Gasteiger partial charge in [-0.15, -0.1) is 10.2 Å². The van der Waals surface area contributed by atoms with Crippen LogP contribution in [-0.2, 0) is 5.75 Å². The van der Waals surface area contributed by atoms with Crippen LogP contribution in [0, 0.1) is 6.92 Å². The Kier molecular flexibility index (Phi) is 8.09. The molecule has 4 rings (SSSR count). The number of nitrogens with zero attached hydrogens (tertiary/aromatic N) is 3. The number of thioether (sulfide) groups is 1. The number of urea groups is 1. The largest absolute Gasteiger partial charge is 0.497 e. The van der Waals surface area contributed by atoms with Crippen molar-refractivity contribution >= 4 is 39.4 Å². The maximum Gasteiger partial charge on any atom is 0.319 e.